The summed E-state index contributed by atoms with van der Waals surface area (Å²) in [5.41, 5.74) is 2.52. The molecule has 0 saturated carbocycles. The molecule has 0 aliphatic heterocycles. The van der Waals surface area contributed by atoms with Crippen LogP contribution >= 0.6 is 15.9 Å². The Balaban J connectivity index is 0. The highest BCUT2D eigenvalue weighted by Gasteiger charge is 1.98. The van der Waals surface area contributed by atoms with Crippen LogP contribution in [0, 0.1) is 5.82 Å². The van der Waals surface area contributed by atoms with Crippen LogP contribution in [0.1, 0.15) is 14.9 Å². The molecule has 70 valence electrons. The minimum atomic E-state index is -0.364. The minimum Gasteiger partial charge on any atom is -0.321 e. The molecule has 0 atom stereocenters. The molecule has 2 nitrogen and oxygen atoms in total. The fraction of sp³-hybridized carbons (Fsp3) is 0.250. The Bertz CT molecular complexity index is 240. The predicted octanol–water partition coefficient (Wildman–Crippen LogP) is 3.15. The number of rotatable bonds is 1. The lowest BCUT2D eigenvalue weighted by molar-refractivity contribution is 0.630. The van der Waals surface area contributed by atoms with E-state index in [0.29, 0.717) is 10.2 Å². The molecule has 0 spiro atoms. The van der Waals surface area contributed by atoms with Crippen molar-refractivity contribution in [1.82, 2.24) is 0 Å². The quantitative estimate of drug-likeness (QED) is 0.581. The highest BCUT2D eigenvalue weighted by atomic mass is 79.9. The number of nitrogens with two attached hydrogens (primary N) is 1. The summed E-state index contributed by atoms with van der Waals surface area (Å²) >= 11 is 3.12. The van der Waals surface area contributed by atoms with E-state index in [1.54, 1.807) is 12.1 Å². The first-order valence-corrected chi connectivity index (χ1v) is 3.45. The summed E-state index contributed by atoms with van der Waals surface area (Å²) in [5, 5.41) is 0. The highest BCUT2D eigenvalue weighted by Crippen LogP contribution is 2.17. The van der Waals surface area contributed by atoms with E-state index < -0.39 is 0 Å². The third-order valence-electron chi connectivity index (χ3n) is 1.09. The van der Waals surface area contributed by atoms with Gasteiger partial charge in [-0.15, -0.1) is 0 Å². The van der Waals surface area contributed by atoms with Gasteiger partial charge in [0.2, 0.25) is 0 Å². The van der Waals surface area contributed by atoms with Crippen LogP contribution in [0.15, 0.2) is 22.7 Å². The van der Waals surface area contributed by atoms with Gasteiger partial charge < -0.3 is 5.43 Å². The van der Waals surface area contributed by atoms with Gasteiger partial charge in [0.25, 0.3) is 0 Å². The molecule has 1 rings (SSSR count). The van der Waals surface area contributed by atoms with Gasteiger partial charge in [-0.2, -0.15) is 0 Å². The van der Waals surface area contributed by atoms with E-state index in [1.165, 1.54) is 6.07 Å². The Morgan fingerprint density at radius 2 is 1.92 bits per heavy atom. The lowest BCUT2D eigenvalue weighted by Crippen LogP contribution is -2.08. The topological polar surface area (TPSA) is 38.0 Å². The van der Waals surface area contributed by atoms with Crippen LogP contribution in [-0.2, 0) is 0 Å². The number of nitrogens with one attached hydrogen (secondary N) is 1. The largest absolute Gasteiger partial charge is 0.321 e. The van der Waals surface area contributed by atoms with Gasteiger partial charge in [0.15, 0.2) is 0 Å². The molecule has 0 aliphatic carbocycles. The molecule has 0 bridgehead atoms. The van der Waals surface area contributed by atoms with Gasteiger partial charge >= 0.3 is 0 Å². The Morgan fingerprint density at radius 1 is 1.33 bits per heavy atom. The number of hydrazine groups is 1. The summed E-state index contributed by atoms with van der Waals surface area (Å²) in [6.07, 6.45) is 0. The molecule has 0 aromatic heterocycles. The van der Waals surface area contributed by atoms with Crippen molar-refractivity contribution in [2.45, 2.75) is 14.9 Å². The molecule has 0 unspecified atom stereocenters. The van der Waals surface area contributed by atoms with Crippen LogP contribution in [0.4, 0.5) is 10.1 Å². The first-order valence-electron chi connectivity index (χ1n) is 2.65. The van der Waals surface area contributed by atoms with Gasteiger partial charge in [0.1, 0.15) is 5.82 Å². The number of nitrogen functional groups attached to an aromatic ring is 1. The van der Waals surface area contributed by atoms with Gasteiger partial charge in [-0.05, 0) is 18.2 Å². The van der Waals surface area contributed by atoms with Gasteiger partial charge in [-0.1, -0.05) is 30.8 Å². The maximum absolute atomic E-state index is 12.7. The predicted molar refractivity (Wildman–Crippen MR) is 55.4 cm³/mol. The molecular formula is C8H14BrFN2. The van der Waals surface area contributed by atoms with Crippen LogP contribution in [-0.4, -0.2) is 0 Å². The van der Waals surface area contributed by atoms with Crippen LogP contribution in [0.5, 0.6) is 0 Å². The molecule has 12 heavy (non-hydrogen) atoms. The van der Waals surface area contributed by atoms with Crippen LogP contribution < -0.4 is 11.3 Å². The maximum atomic E-state index is 12.7. The molecule has 0 saturated heterocycles. The third-order valence-corrected chi connectivity index (χ3v) is 1.58. The number of hydrogen-bond donors (Lipinski definition) is 2. The fourth-order valence-corrected chi connectivity index (χ4v) is 0.940. The van der Waals surface area contributed by atoms with Crippen molar-refractivity contribution in [3.8, 4) is 0 Å². The van der Waals surface area contributed by atoms with E-state index in [-0.39, 0.29) is 20.7 Å². The standard InChI is InChI=1S/C6H6BrFN2.2CH4/c7-4-1-2-6(10-9)5(8)3-4;;/h1-3,10H,9H2;2*1H4. The normalized spacial score (nSPS) is 7.92. The summed E-state index contributed by atoms with van der Waals surface area (Å²) in [6, 6.07) is 4.60. The Morgan fingerprint density at radius 3 is 2.33 bits per heavy atom. The van der Waals surface area contributed by atoms with Gasteiger partial charge in [-0.25, -0.2) is 4.39 Å². The summed E-state index contributed by atoms with van der Waals surface area (Å²) < 4.78 is 13.4. The summed E-state index contributed by atoms with van der Waals surface area (Å²) in [4.78, 5) is 0. The molecule has 0 heterocycles. The zero-order valence-corrected chi connectivity index (χ0v) is 6.65. The van der Waals surface area contributed by atoms with E-state index in [4.69, 9.17) is 5.84 Å². The number of halogens is 2. The molecule has 0 aliphatic rings. The van der Waals surface area contributed by atoms with E-state index in [0.717, 1.165) is 0 Å². The summed E-state index contributed by atoms with van der Waals surface area (Å²) in [5.74, 6) is 4.63. The second kappa shape index (κ2) is 5.97. The minimum absolute atomic E-state index is 0. The van der Waals surface area contributed by atoms with Crippen molar-refractivity contribution in [3.05, 3.63) is 28.5 Å². The van der Waals surface area contributed by atoms with Crippen molar-refractivity contribution in [1.29, 1.82) is 0 Å². The summed E-state index contributed by atoms with van der Waals surface area (Å²) in [7, 11) is 0. The van der Waals surface area contributed by atoms with Crippen molar-refractivity contribution >= 4 is 21.6 Å². The molecule has 0 radical (unpaired) electrons. The number of anilines is 1. The molecular weight excluding hydrogens is 223 g/mol. The van der Waals surface area contributed by atoms with Crippen LogP contribution in [0.2, 0.25) is 0 Å². The first-order chi connectivity index (χ1) is 4.74. The zero-order valence-electron chi connectivity index (χ0n) is 5.07. The zero-order chi connectivity index (χ0) is 7.56. The monoisotopic (exact) mass is 236 g/mol. The maximum Gasteiger partial charge on any atom is 0.148 e. The van der Waals surface area contributed by atoms with Crippen molar-refractivity contribution < 1.29 is 4.39 Å². The van der Waals surface area contributed by atoms with Crippen molar-refractivity contribution in [2.75, 3.05) is 5.43 Å². The van der Waals surface area contributed by atoms with Crippen molar-refractivity contribution in [2.24, 2.45) is 5.84 Å². The Labute approximate surface area is 81.1 Å². The molecule has 4 heteroatoms. The van der Waals surface area contributed by atoms with Crippen LogP contribution in [0.3, 0.4) is 0 Å². The van der Waals surface area contributed by atoms with Gasteiger partial charge in [0.05, 0.1) is 5.69 Å². The molecule has 1 aromatic rings. The summed E-state index contributed by atoms with van der Waals surface area (Å²) in [6.45, 7) is 0. The SMILES string of the molecule is C.C.NNc1ccc(Br)cc1F. The second-order valence-electron chi connectivity index (χ2n) is 1.77. The van der Waals surface area contributed by atoms with Gasteiger partial charge in [-0.3, -0.25) is 5.84 Å². The Hall–Kier alpha value is -0.610. The molecule has 0 fully saturated rings. The van der Waals surface area contributed by atoms with E-state index in [9.17, 15) is 4.39 Å². The van der Waals surface area contributed by atoms with E-state index in [2.05, 4.69) is 21.4 Å². The van der Waals surface area contributed by atoms with E-state index in [1.807, 2.05) is 0 Å². The van der Waals surface area contributed by atoms with E-state index >= 15 is 0 Å². The number of hydrogen-bond acceptors (Lipinski definition) is 2. The molecule has 3 N–H and O–H groups in total. The molecule has 1 aromatic carbocycles. The lowest BCUT2D eigenvalue weighted by atomic mass is 10.3. The average molecular weight is 237 g/mol. The first kappa shape index (κ1) is 13.9. The fourth-order valence-electron chi connectivity index (χ4n) is 0.607. The lowest BCUT2D eigenvalue weighted by Gasteiger charge is -2.00. The smallest absolute Gasteiger partial charge is 0.148 e. The van der Waals surface area contributed by atoms with Crippen molar-refractivity contribution in [3.63, 3.8) is 0 Å². The highest BCUT2D eigenvalue weighted by molar-refractivity contribution is 9.10. The Kier molecular flexibility index (Phi) is 6.94. The van der Waals surface area contributed by atoms with Gasteiger partial charge in [0, 0.05) is 4.47 Å². The average Bonchev–Trinajstić information content (AvgIpc) is 1.88. The third kappa shape index (κ3) is 3.19. The second-order valence-corrected chi connectivity index (χ2v) is 2.68. The van der Waals surface area contributed by atoms with Crippen LogP contribution in [0.25, 0.3) is 0 Å². The number of benzene rings is 1. The molecule has 0 amide bonds.